The quantitative estimate of drug-likeness (QED) is 0.525. The van der Waals surface area contributed by atoms with E-state index in [1.165, 1.54) is 0 Å². The summed E-state index contributed by atoms with van der Waals surface area (Å²) >= 11 is 0. The number of carbonyl (C=O) groups excluding carboxylic acids is 1. The van der Waals surface area contributed by atoms with Gasteiger partial charge in [-0.3, -0.25) is 4.79 Å². The highest BCUT2D eigenvalue weighted by Gasteiger charge is 2.19. The second-order valence-electron chi connectivity index (χ2n) is 2.40. The number of morpholine rings is 1. The van der Waals surface area contributed by atoms with Gasteiger partial charge in [-0.15, -0.1) is 0 Å². The first-order valence-electron chi connectivity index (χ1n) is 4.05. The molecule has 0 aromatic carbocycles. The SMILES string of the molecule is CC.CC1CN(C)C(=O)CO1. The van der Waals surface area contributed by atoms with Crippen molar-refractivity contribution in [3.05, 3.63) is 0 Å². The minimum absolute atomic E-state index is 0.0769. The number of hydrogen-bond donors (Lipinski definition) is 0. The van der Waals surface area contributed by atoms with Gasteiger partial charge in [0.2, 0.25) is 5.91 Å². The fourth-order valence-corrected chi connectivity index (χ4v) is 0.864. The maximum atomic E-state index is 10.7. The Balaban J connectivity index is 0.000000461. The molecule has 3 heteroatoms. The van der Waals surface area contributed by atoms with E-state index in [2.05, 4.69) is 0 Å². The maximum absolute atomic E-state index is 10.7. The second kappa shape index (κ2) is 5.13. The van der Waals surface area contributed by atoms with Gasteiger partial charge in [-0.1, -0.05) is 13.8 Å². The van der Waals surface area contributed by atoms with E-state index in [9.17, 15) is 4.79 Å². The third kappa shape index (κ3) is 3.37. The average Bonchev–Trinajstić information content (AvgIpc) is 2.02. The maximum Gasteiger partial charge on any atom is 0.248 e. The number of ether oxygens (including phenoxy) is 1. The molecule has 66 valence electrons. The summed E-state index contributed by atoms with van der Waals surface area (Å²) in [4.78, 5) is 12.4. The molecule has 0 radical (unpaired) electrons. The molecule has 0 spiro atoms. The molecule has 1 fully saturated rings. The van der Waals surface area contributed by atoms with E-state index < -0.39 is 0 Å². The molecule has 0 N–H and O–H groups in total. The van der Waals surface area contributed by atoms with Gasteiger partial charge in [0.15, 0.2) is 0 Å². The van der Waals surface area contributed by atoms with Gasteiger partial charge in [0, 0.05) is 13.6 Å². The zero-order valence-corrected chi connectivity index (χ0v) is 7.76. The molecule has 1 saturated heterocycles. The third-order valence-corrected chi connectivity index (χ3v) is 1.45. The largest absolute Gasteiger partial charge is 0.367 e. The Morgan fingerprint density at radius 3 is 2.45 bits per heavy atom. The lowest BCUT2D eigenvalue weighted by Crippen LogP contribution is -2.42. The molecule has 1 aliphatic rings. The van der Waals surface area contributed by atoms with Crippen LogP contribution in [0.25, 0.3) is 0 Å². The molecule has 1 heterocycles. The fraction of sp³-hybridized carbons (Fsp3) is 0.875. The summed E-state index contributed by atoms with van der Waals surface area (Å²) in [5.41, 5.74) is 0. The smallest absolute Gasteiger partial charge is 0.248 e. The van der Waals surface area contributed by atoms with Crippen LogP contribution in [-0.4, -0.2) is 37.1 Å². The van der Waals surface area contributed by atoms with Gasteiger partial charge < -0.3 is 9.64 Å². The minimum atomic E-state index is 0.0769. The predicted octanol–water partition coefficient (Wildman–Crippen LogP) is 0.890. The van der Waals surface area contributed by atoms with Crippen molar-refractivity contribution in [2.45, 2.75) is 26.9 Å². The molecule has 0 aromatic heterocycles. The summed E-state index contributed by atoms with van der Waals surface area (Å²) < 4.78 is 5.07. The van der Waals surface area contributed by atoms with E-state index in [1.807, 2.05) is 20.8 Å². The van der Waals surface area contributed by atoms with Gasteiger partial charge in [0.25, 0.3) is 0 Å². The van der Waals surface area contributed by atoms with E-state index >= 15 is 0 Å². The van der Waals surface area contributed by atoms with Crippen LogP contribution in [-0.2, 0) is 9.53 Å². The monoisotopic (exact) mass is 159 g/mol. The molecule has 0 aromatic rings. The number of nitrogens with zero attached hydrogens (tertiary/aromatic N) is 1. The van der Waals surface area contributed by atoms with Crippen LogP contribution in [0.3, 0.4) is 0 Å². The fourth-order valence-electron chi connectivity index (χ4n) is 0.864. The Morgan fingerprint density at radius 2 is 2.09 bits per heavy atom. The van der Waals surface area contributed by atoms with E-state index in [4.69, 9.17) is 4.74 Å². The van der Waals surface area contributed by atoms with Crippen molar-refractivity contribution in [3.8, 4) is 0 Å². The lowest BCUT2D eigenvalue weighted by molar-refractivity contribution is -0.145. The molecule has 0 saturated carbocycles. The number of carbonyl (C=O) groups is 1. The Hall–Kier alpha value is -0.570. The first kappa shape index (κ1) is 10.4. The van der Waals surface area contributed by atoms with Gasteiger partial charge in [-0.25, -0.2) is 0 Å². The molecule has 1 atom stereocenters. The normalized spacial score (nSPS) is 24.2. The number of hydrogen-bond acceptors (Lipinski definition) is 2. The van der Waals surface area contributed by atoms with Crippen molar-refractivity contribution in [1.29, 1.82) is 0 Å². The van der Waals surface area contributed by atoms with Gasteiger partial charge in [0.05, 0.1) is 6.10 Å². The Kier molecular flexibility index (Phi) is 4.86. The molecule has 0 bridgehead atoms. The molecule has 1 unspecified atom stereocenters. The standard InChI is InChI=1S/C6H11NO2.C2H6/c1-5-3-7(2)6(8)4-9-5;1-2/h5H,3-4H2,1-2H3;1-2H3. The van der Waals surface area contributed by atoms with Gasteiger partial charge in [0.1, 0.15) is 6.61 Å². The summed E-state index contributed by atoms with van der Waals surface area (Å²) in [6.45, 7) is 6.93. The zero-order valence-electron chi connectivity index (χ0n) is 7.76. The molecule has 1 rings (SSSR count). The Bertz CT molecular complexity index is 125. The van der Waals surface area contributed by atoms with Gasteiger partial charge in [-0.2, -0.15) is 0 Å². The van der Waals surface area contributed by atoms with E-state index in [-0.39, 0.29) is 18.6 Å². The minimum Gasteiger partial charge on any atom is -0.367 e. The molecule has 1 amide bonds. The summed E-state index contributed by atoms with van der Waals surface area (Å²) in [7, 11) is 1.79. The summed E-state index contributed by atoms with van der Waals surface area (Å²) in [6, 6.07) is 0. The highest BCUT2D eigenvalue weighted by atomic mass is 16.5. The van der Waals surface area contributed by atoms with Crippen molar-refractivity contribution >= 4 is 5.91 Å². The van der Waals surface area contributed by atoms with Crippen LogP contribution in [0.15, 0.2) is 0 Å². The van der Waals surface area contributed by atoms with Crippen molar-refractivity contribution in [2.75, 3.05) is 20.2 Å². The molecular formula is C8H17NO2. The molecule has 11 heavy (non-hydrogen) atoms. The van der Waals surface area contributed by atoms with Crippen molar-refractivity contribution in [3.63, 3.8) is 0 Å². The summed E-state index contributed by atoms with van der Waals surface area (Å²) in [5, 5.41) is 0. The number of likely N-dealkylation sites (N-methyl/N-ethyl adjacent to an activating group) is 1. The Labute approximate surface area is 68.3 Å². The van der Waals surface area contributed by atoms with Crippen molar-refractivity contribution in [2.24, 2.45) is 0 Å². The summed E-state index contributed by atoms with van der Waals surface area (Å²) in [6.07, 6.45) is 0.202. The lowest BCUT2D eigenvalue weighted by atomic mass is 10.3. The molecular weight excluding hydrogens is 142 g/mol. The topological polar surface area (TPSA) is 29.5 Å². The average molecular weight is 159 g/mol. The van der Waals surface area contributed by atoms with Crippen LogP contribution in [0.4, 0.5) is 0 Å². The first-order valence-corrected chi connectivity index (χ1v) is 4.05. The van der Waals surface area contributed by atoms with Gasteiger partial charge in [-0.05, 0) is 6.92 Å². The molecule has 3 nitrogen and oxygen atoms in total. The van der Waals surface area contributed by atoms with E-state index in [1.54, 1.807) is 11.9 Å². The van der Waals surface area contributed by atoms with E-state index in [0.717, 1.165) is 6.54 Å². The van der Waals surface area contributed by atoms with Crippen molar-refractivity contribution in [1.82, 2.24) is 4.90 Å². The van der Waals surface area contributed by atoms with E-state index in [0.29, 0.717) is 0 Å². The van der Waals surface area contributed by atoms with Crippen LogP contribution in [0, 0.1) is 0 Å². The van der Waals surface area contributed by atoms with Crippen LogP contribution in [0.5, 0.6) is 0 Å². The van der Waals surface area contributed by atoms with Crippen LogP contribution < -0.4 is 0 Å². The Morgan fingerprint density at radius 1 is 1.55 bits per heavy atom. The molecule has 0 aliphatic carbocycles. The predicted molar refractivity (Wildman–Crippen MR) is 44.4 cm³/mol. The first-order chi connectivity index (χ1) is 5.20. The highest BCUT2D eigenvalue weighted by Crippen LogP contribution is 2.01. The van der Waals surface area contributed by atoms with Crippen LogP contribution in [0.1, 0.15) is 20.8 Å². The third-order valence-electron chi connectivity index (χ3n) is 1.45. The second-order valence-corrected chi connectivity index (χ2v) is 2.40. The molecule has 1 aliphatic heterocycles. The lowest BCUT2D eigenvalue weighted by Gasteiger charge is -2.27. The number of rotatable bonds is 0. The van der Waals surface area contributed by atoms with Gasteiger partial charge >= 0.3 is 0 Å². The number of amides is 1. The van der Waals surface area contributed by atoms with Crippen LogP contribution in [0.2, 0.25) is 0 Å². The summed E-state index contributed by atoms with van der Waals surface area (Å²) in [5.74, 6) is 0.0769. The zero-order chi connectivity index (χ0) is 8.85. The highest BCUT2D eigenvalue weighted by molar-refractivity contribution is 5.77. The van der Waals surface area contributed by atoms with Crippen LogP contribution >= 0.6 is 0 Å². The van der Waals surface area contributed by atoms with Crippen molar-refractivity contribution < 1.29 is 9.53 Å².